The topological polar surface area (TPSA) is 6.48 Å². The first-order chi connectivity index (χ1) is 31.0. The van der Waals surface area contributed by atoms with Crippen molar-refractivity contribution in [2.24, 2.45) is 23.7 Å². The fraction of sp³-hybridized carbons (Fsp3) is 0.300. The zero-order chi connectivity index (χ0) is 42.1. The zero-order valence-corrected chi connectivity index (χ0v) is 38.1. The summed E-state index contributed by atoms with van der Waals surface area (Å²) in [5.74, 6) is 3.78. The number of para-hydroxylation sites is 2. The maximum atomic E-state index is 2.60. The number of rotatable bonds is 9. The molecule has 13 rings (SSSR count). The van der Waals surface area contributed by atoms with Gasteiger partial charge < -0.3 is 9.80 Å². The molecule has 2 nitrogen and oxygen atoms in total. The van der Waals surface area contributed by atoms with Gasteiger partial charge in [0.2, 0.25) is 0 Å². The van der Waals surface area contributed by atoms with Crippen molar-refractivity contribution in [3.8, 4) is 11.1 Å². The molecule has 4 bridgehead atoms. The van der Waals surface area contributed by atoms with Gasteiger partial charge in [0.15, 0.2) is 0 Å². The molecule has 1 aliphatic heterocycles. The van der Waals surface area contributed by atoms with Crippen molar-refractivity contribution < 1.29 is 0 Å². The molecule has 5 aliphatic carbocycles. The van der Waals surface area contributed by atoms with Crippen LogP contribution in [-0.4, -0.2) is 8.07 Å². The van der Waals surface area contributed by atoms with Gasteiger partial charge in [-0.3, -0.25) is 0 Å². The Morgan fingerprint density at radius 3 is 1.48 bits per heavy atom. The third-order valence-electron chi connectivity index (χ3n) is 16.7. The highest BCUT2D eigenvalue weighted by Gasteiger charge is 2.58. The molecule has 6 aliphatic rings. The van der Waals surface area contributed by atoms with Crippen molar-refractivity contribution in [2.45, 2.75) is 88.6 Å². The Labute approximate surface area is 376 Å². The highest BCUT2D eigenvalue weighted by Crippen LogP contribution is 2.65. The summed E-state index contributed by atoms with van der Waals surface area (Å²) in [5, 5.41) is 3.11. The first kappa shape index (κ1) is 39.0. The maximum Gasteiger partial charge on any atom is 0.113 e. The second-order valence-electron chi connectivity index (χ2n) is 20.4. The van der Waals surface area contributed by atoms with Gasteiger partial charge in [0.1, 0.15) is 8.07 Å². The number of anilines is 6. The lowest BCUT2D eigenvalue weighted by molar-refractivity contribution is -0.0418. The summed E-state index contributed by atoms with van der Waals surface area (Å²) in [6, 6.07) is 67.8. The van der Waals surface area contributed by atoms with Crippen molar-refractivity contribution in [3.63, 3.8) is 0 Å². The summed E-state index contributed by atoms with van der Waals surface area (Å²) >= 11 is 0. The van der Waals surface area contributed by atoms with Crippen LogP contribution in [0.5, 0.6) is 0 Å². The highest BCUT2D eigenvalue weighted by molar-refractivity contribution is 7.04. The van der Waals surface area contributed by atoms with E-state index in [1.807, 2.05) is 0 Å². The van der Waals surface area contributed by atoms with Crippen LogP contribution in [0.25, 0.3) is 11.1 Å². The second kappa shape index (κ2) is 15.6. The molecule has 0 aromatic heterocycles. The van der Waals surface area contributed by atoms with Crippen molar-refractivity contribution in [1.29, 1.82) is 0 Å². The molecule has 0 atom stereocenters. The van der Waals surface area contributed by atoms with Crippen LogP contribution in [0.4, 0.5) is 34.1 Å². The van der Waals surface area contributed by atoms with Gasteiger partial charge in [-0.05, 0) is 174 Å². The molecular weight excluding hydrogens is 777 g/mol. The van der Waals surface area contributed by atoms with Crippen LogP contribution in [0.15, 0.2) is 176 Å². The lowest BCUT2D eigenvalue weighted by Gasteiger charge is -2.62. The van der Waals surface area contributed by atoms with Crippen molar-refractivity contribution in [1.82, 2.24) is 0 Å². The third-order valence-corrected chi connectivity index (χ3v) is 20.3. The van der Waals surface area contributed by atoms with Crippen LogP contribution in [0.2, 0.25) is 13.1 Å². The molecule has 7 aromatic carbocycles. The molecule has 0 unspecified atom stereocenters. The van der Waals surface area contributed by atoms with Gasteiger partial charge in [0.25, 0.3) is 0 Å². The molecule has 0 saturated heterocycles. The van der Waals surface area contributed by atoms with Crippen molar-refractivity contribution >= 4 is 52.6 Å². The van der Waals surface area contributed by atoms with E-state index in [9.17, 15) is 0 Å². The van der Waals surface area contributed by atoms with E-state index in [1.54, 1.807) is 10.4 Å². The minimum atomic E-state index is -1.87. The van der Waals surface area contributed by atoms with E-state index < -0.39 is 8.07 Å². The Balaban J connectivity index is 0.976. The third kappa shape index (κ3) is 6.40. The van der Waals surface area contributed by atoms with Gasteiger partial charge in [0.05, 0.1) is 5.69 Å². The van der Waals surface area contributed by atoms with E-state index in [0.29, 0.717) is 17.8 Å². The van der Waals surface area contributed by atoms with Gasteiger partial charge in [-0.1, -0.05) is 142 Å². The van der Waals surface area contributed by atoms with Gasteiger partial charge in [-0.25, -0.2) is 0 Å². The van der Waals surface area contributed by atoms with Crippen LogP contribution in [0.1, 0.15) is 86.8 Å². The highest BCUT2D eigenvalue weighted by atomic mass is 28.3. The molecule has 0 spiro atoms. The predicted octanol–water partition coefficient (Wildman–Crippen LogP) is 15.2. The number of nitrogens with zero attached hydrogens (tertiary/aromatic N) is 2. The molecule has 63 heavy (non-hydrogen) atoms. The molecule has 0 N–H and O–H groups in total. The van der Waals surface area contributed by atoms with Crippen LogP contribution < -0.4 is 20.2 Å². The quantitative estimate of drug-likeness (QED) is 0.134. The Morgan fingerprint density at radius 1 is 0.429 bits per heavy atom. The lowest BCUT2D eigenvalue weighted by Crippen LogP contribution is -2.56. The smallest absolute Gasteiger partial charge is 0.113 e. The average Bonchev–Trinajstić information content (AvgIpc) is 3.57. The first-order valence-corrected chi connectivity index (χ1v) is 27.2. The summed E-state index contributed by atoms with van der Waals surface area (Å²) in [6.07, 6.45) is 13.6. The molecule has 314 valence electrons. The monoisotopic (exact) mass is 836 g/mol. The molecule has 1 heterocycles. The van der Waals surface area contributed by atoms with Crippen LogP contribution in [0, 0.1) is 23.7 Å². The normalized spacial score (nSPS) is 24.2. The fourth-order valence-electron chi connectivity index (χ4n) is 14.1. The average molecular weight is 837 g/mol. The van der Waals surface area contributed by atoms with Gasteiger partial charge in [-0.2, -0.15) is 0 Å². The summed E-state index contributed by atoms with van der Waals surface area (Å²) < 4.78 is 0. The van der Waals surface area contributed by atoms with E-state index in [-0.39, 0.29) is 5.41 Å². The number of fused-ring (bicyclic) bond motifs is 3. The lowest BCUT2D eigenvalue weighted by atomic mass is 9.42. The molecule has 7 aromatic rings. The van der Waals surface area contributed by atoms with Crippen molar-refractivity contribution in [2.75, 3.05) is 9.80 Å². The minimum absolute atomic E-state index is 0.00381. The minimum Gasteiger partial charge on any atom is -0.311 e. The SMILES string of the molecule is C[Si]1(C)c2ccccc2-c2c(N(c3ccc(C4CCCCC4)cc3)c3ccc(C4(c5ccc(N(c6ccccc6)c6ccccc6)cc5)C5CC6CC(C5)CC4C6)cc3)cccc21. The molecule has 0 amide bonds. The van der Waals surface area contributed by atoms with E-state index >= 15 is 0 Å². The van der Waals surface area contributed by atoms with E-state index in [2.05, 4.69) is 199 Å². The molecule has 5 saturated carbocycles. The van der Waals surface area contributed by atoms with Gasteiger partial charge in [0, 0.05) is 39.4 Å². The van der Waals surface area contributed by atoms with Crippen LogP contribution >= 0.6 is 0 Å². The predicted molar refractivity (Wildman–Crippen MR) is 268 cm³/mol. The largest absolute Gasteiger partial charge is 0.311 e. The molecular formula is C60H60N2Si. The second-order valence-corrected chi connectivity index (χ2v) is 24.7. The Morgan fingerprint density at radius 2 is 0.905 bits per heavy atom. The van der Waals surface area contributed by atoms with E-state index in [4.69, 9.17) is 0 Å². The van der Waals surface area contributed by atoms with E-state index in [1.165, 1.54) is 126 Å². The van der Waals surface area contributed by atoms with E-state index in [0.717, 1.165) is 11.8 Å². The Bertz CT molecular complexity index is 2660. The van der Waals surface area contributed by atoms with Crippen LogP contribution in [0.3, 0.4) is 0 Å². The summed E-state index contributed by atoms with van der Waals surface area (Å²) in [5.41, 5.74) is 14.8. The molecule has 5 fully saturated rings. The van der Waals surface area contributed by atoms with Crippen molar-refractivity contribution in [3.05, 3.63) is 193 Å². The number of hydrogen-bond acceptors (Lipinski definition) is 2. The summed E-state index contributed by atoms with van der Waals surface area (Å²) in [4.78, 5) is 5.00. The van der Waals surface area contributed by atoms with Gasteiger partial charge >= 0.3 is 0 Å². The maximum absolute atomic E-state index is 2.60. The number of benzene rings is 7. The fourth-order valence-corrected chi connectivity index (χ4v) is 17.2. The van der Waals surface area contributed by atoms with Gasteiger partial charge in [-0.15, -0.1) is 0 Å². The standard InChI is InChI=1S/C60H60N2Si/c1-63(2)57-23-13-12-21-55(57)59-56(22-14-24-58(59)63)62(53-31-25-45(26-32-53)44-15-6-3-7-16-44)54-35-29-47(30-36-54)60(48-38-42-37-43(40-48)41-49(60)39-42)46-27-33-52(34-28-46)61(50-17-8-4-9-18-50)51-19-10-5-11-20-51/h4-5,8-14,17-36,42-44,48-49H,3,6-7,15-16,37-41H2,1-2H3. The molecule has 3 heteroatoms. The van der Waals surface area contributed by atoms with Crippen LogP contribution in [-0.2, 0) is 5.41 Å². The molecule has 0 radical (unpaired) electrons. The number of hydrogen-bond donors (Lipinski definition) is 0. The summed E-state index contributed by atoms with van der Waals surface area (Å²) in [7, 11) is -1.87. The zero-order valence-electron chi connectivity index (χ0n) is 37.1. The Kier molecular flexibility index (Phi) is 9.63. The Hall–Kier alpha value is -5.64. The first-order valence-electron chi connectivity index (χ1n) is 24.2. The summed E-state index contributed by atoms with van der Waals surface area (Å²) in [6.45, 7) is 5.08.